The van der Waals surface area contributed by atoms with Crippen molar-refractivity contribution in [2.24, 2.45) is 5.10 Å². The number of nitrogens with zero attached hydrogens (tertiary/aromatic N) is 3. The summed E-state index contributed by atoms with van der Waals surface area (Å²) in [4.78, 5) is 36.5. The van der Waals surface area contributed by atoms with Crippen molar-refractivity contribution in [3.63, 3.8) is 0 Å². The van der Waals surface area contributed by atoms with Gasteiger partial charge in [0.2, 0.25) is 0 Å². The Morgan fingerprint density at radius 2 is 1.69 bits per heavy atom. The topological polar surface area (TPSA) is 120 Å². The fourth-order valence-electron chi connectivity index (χ4n) is 4.16. The Morgan fingerprint density at radius 1 is 1.03 bits per heavy atom. The first kappa shape index (κ1) is 22.7. The zero-order chi connectivity index (χ0) is 25.2. The van der Waals surface area contributed by atoms with Crippen molar-refractivity contribution in [3.05, 3.63) is 111 Å². The maximum atomic E-state index is 12.8. The smallest absolute Gasteiger partial charge is 0.280 e. The van der Waals surface area contributed by atoms with E-state index in [0.29, 0.717) is 38.9 Å². The number of rotatable bonds is 6. The summed E-state index contributed by atoms with van der Waals surface area (Å²) >= 11 is 0. The lowest BCUT2D eigenvalue weighted by Crippen LogP contribution is -2.25. The lowest BCUT2D eigenvalue weighted by molar-refractivity contribution is -0.384. The van der Waals surface area contributed by atoms with Crippen molar-refractivity contribution in [3.8, 4) is 11.3 Å². The number of hydrazone groups is 1. The standard InChI is InChI=1S/C27H20N4O5/c1-17-10-12-19(24(14-17)31(34)35)25-13-11-18(36-25)15-28-29-26(32)16-30-22-8-4-2-6-20(22)27(33)21-7-3-5-9-23(21)30/h2-15H,16H2,1H3,(H,29,32)/b28-15+. The van der Waals surface area contributed by atoms with Gasteiger partial charge >= 0.3 is 0 Å². The molecule has 0 spiro atoms. The van der Waals surface area contributed by atoms with Gasteiger partial charge in [-0.1, -0.05) is 30.3 Å². The lowest BCUT2D eigenvalue weighted by Gasteiger charge is -2.14. The molecule has 9 nitrogen and oxygen atoms in total. The zero-order valence-corrected chi connectivity index (χ0v) is 19.2. The van der Waals surface area contributed by atoms with E-state index in [0.717, 1.165) is 5.56 Å². The van der Waals surface area contributed by atoms with Crippen LogP contribution in [0.5, 0.6) is 0 Å². The van der Waals surface area contributed by atoms with E-state index >= 15 is 0 Å². The van der Waals surface area contributed by atoms with Gasteiger partial charge in [-0.3, -0.25) is 19.7 Å². The van der Waals surface area contributed by atoms with Crippen LogP contribution in [0, 0.1) is 17.0 Å². The number of furan rings is 1. The van der Waals surface area contributed by atoms with Crippen LogP contribution in [0.2, 0.25) is 0 Å². The van der Waals surface area contributed by atoms with Crippen LogP contribution >= 0.6 is 0 Å². The van der Waals surface area contributed by atoms with Crippen LogP contribution in [0.1, 0.15) is 11.3 Å². The normalized spacial score (nSPS) is 11.4. The van der Waals surface area contributed by atoms with Crippen LogP contribution in [0.15, 0.2) is 93.2 Å². The summed E-state index contributed by atoms with van der Waals surface area (Å²) in [6.07, 6.45) is 1.32. The number of pyridine rings is 1. The van der Waals surface area contributed by atoms with E-state index in [2.05, 4.69) is 10.5 Å². The van der Waals surface area contributed by atoms with Crippen molar-refractivity contribution >= 4 is 39.6 Å². The van der Waals surface area contributed by atoms with Gasteiger partial charge in [0, 0.05) is 16.8 Å². The molecule has 0 atom stereocenters. The molecule has 0 saturated heterocycles. The Labute approximate surface area is 204 Å². The van der Waals surface area contributed by atoms with Crippen molar-refractivity contribution in [2.75, 3.05) is 0 Å². The molecule has 1 amide bonds. The molecule has 178 valence electrons. The average molecular weight is 480 g/mol. The molecule has 0 radical (unpaired) electrons. The summed E-state index contributed by atoms with van der Waals surface area (Å²) in [5.41, 5.74) is 4.75. The maximum absolute atomic E-state index is 12.8. The van der Waals surface area contributed by atoms with Gasteiger partial charge in [0.05, 0.1) is 27.7 Å². The van der Waals surface area contributed by atoms with E-state index in [1.807, 2.05) is 12.1 Å². The Kier molecular flexibility index (Phi) is 5.87. The predicted octanol–water partition coefficient (Wildman–Crippen LogP) is 4.78. The minimum absolute atomic E-state index is 0.0540. The van der Waals surface area contributed by atoms with Crippen molar-refractivity contribution in [1.82, 2.24) is 9.99 Å². The summed E-state index contributed by atoms with van der Waals surface area (Å²) < 4.78 is 7.46. The van der Waals surface area contributed by atoms with Crippen molar-refractivity contribution < 1.29 is 14.1 Å². The molecular formula is C27H20N4O5. The largest absolute Gasteiger partial charge is 0.455 e. The SMILES string of the molecule is Cc1ccc(-c2ccc(/C=N/NC(=O)Cn3c4ccccc4c(=O)c4ccccc43)o2)c([N+](=O)[O-])c1. The van der Waals surface area contributed by atoms with Gasteiger partial charge in [0.25, 0.3) is 11.6 Å². The maximum Gasteiger partial charge on any atom is 0.280 e. The molecule has 0 bridgehead atoms. The minimum Gasteiger partial charge on any atom is -0.455 e. The summed E-state index contributed by atoms with van der Waals surface area (Å²) in [6.45, 7) is 1.72. The quantitative estimate of drug-likeness (QED) is 0.162. The van der Waals surface area contributed by atoms with Crippen LogP contribution in [-0.2, 0) is 11.3 Å². The number of hydrogen-bond acceptors (Lipinski definition) is 6. The predicted molar refractivity (Wildman–Crippen MR) is 137 cm³/mol. The number of nitrogens with one attached hydrogen (secondary N) is 1. The Balaban J connectivity index is 1.36. The van der Waals surface area contributed by atoms with Crippen LogP contribution < -0.4 is 10.9 Å². The number of amides is 1. The molecule has 0 fully saturated rings. The molecule has 2 heterocycles. The van der Waals surface area contributed by atoms with E-state index in [1.54, 1.807) is 72.2 Å². The van der Waals surface area contributed by atoms with E-state index in [1.165, 1.54) is 12.3 Å². The van der Waals surface area contributed by atoms with Gasteiger partial charge in [-0.15, -0.1) is 0 Å². The summed E-state index contributed by atoms with van der Waals surface area (Å²) in [5, 5.41) is 16.4. The molecule has 2 aromatic heterocycles. The Morgan fingerprint density at radius 3 is 2.36 bits per heavy atom. The molecule has 3 aromatic carbocycles. The third kappa shape index (κ3) is 4.25. The molecule has 0 aliphatic carbocycles. The molecule has 5 rings (SSSR count). The number of fused-ring (bicyclic) bond motifs is 2. The van der Waals surface area contributed by atoms with Gasteiger partial charge in [0.1, 0.15) is 18.1 Å². The number of hydrogen-bond donors (Lipinski definition) is 1. The number of nitro groups is 1. The van der Waals surface area contributed by atoms with E-state index in [-0.39, 0.29) is 17.7 Å². The third-order valence-electron chi connectivity index (χ3n) is 5.80. The first-order valence-electron chi connectivity index (χ1n) is 11.1. The highest BCUT2D eigenvalue weighted by Crippen LogP contribution is 2.31. The second kappa shape index (κ2) is 9.30. The molecule has 5 aromatic rings. The number of benzene rings is 3. The van der Waals surface area contributed by atoms with E-state index < -0.39 is 10.8 Å². The second-order valence-electron chi connectivity index (χ2n) is 8.22. The van der Waals surface area contributed by atoms with Crippen LogP contribution in [0.25, 0.3) is 33.1 Å². The Hall–Kier alpha value is -5.05. The molecule has 0 aliphatic heterocycles. The fraction of sp³-hybridized carbons (Fsp3) is 0.0741. The van der Waals surface area contributed by atoms with Crippen LogP contribution in [0.3, 0.4) is 0 Å². The van der Waals surface area contributed by atoms with Gasteiger partial charge in [-0.25, -0.2) is 5.43 Å². The third-order valence-corrected chi connectivity index (χ3v) is 5.80. The van der Waals surface area contributed by atoms with Crippen molar-refractivity contribution in [1.29, 1.82) is 0 Å². The van der Waals surface area contributed by atoms with Gasteiger partial charge < -0.3 is 8.98 Å². The first-order valence-corrected chi connectivity index (χ1v) is 11.1. The number of carbonyl (C=O) groups excluding carboxylic acids is 1. The van der Waals surface area contributed by atoms with E-state index in [9.17, 15) is 19.7 Å². The average Bonchev–Trinajstić information content (AvgIpc) is 3.35. The first-order chi connectivity index (χ1) is 17.4. The molecule has 0 saturated carbocycles. The number of nitro benzene ring substituents is 1. The lowest BCUT2D eigenvalue weighted by atomic mass is 10.1. The molecule has 0 aliphatic rings. The summed E-state index contributed by atoms with van der Waals surface area (Å²) in [7, 11) is 0. The van der Waals surface area contributed by atoms with Crippen LogP contribution in [0.4, 0.5) is 5.69 Å². The molecule has 36 heavy (non-hydrogen) atoms. The highest BCUT2D eigenvalue weighted by atomic mass is 16.6. The molecule has 1 N–H and O–H groups in total. The van der Waals surface area contributed by atoms with Gasteiger partial charge in [0.15, 0.2) is 5.43 Å². The molecule has 9 heteroatoms. The van der Waals surface area contributed by atoms with Crippen molar-refractivity contribution in [2.45, 2.75) is 13.5 Å². The number of aromatic nitrogens is 1. The summed E-state index contributed by atoms with van der Waals surface area (Å²) in [5.74, 6) is 0.242. The number of carbonyl (C=O) groups is 1. The Bertz CT molecular complexity index is 1670. The van der Waals surface area contributed by atoms with E-state index in [4.69, 9.17) is 4.42 Å². The molecule has 0 unspecified atom stereocenters. The van der Waals surface area contributed by atoms with Crippen LogP contribution in [-0.4, -0.2) is 21.6 Å². The number of para-hydroxylation sites is 2. The highest BCUT2D eigenvalue weighted by Gasteiger charge is 2.18. The summed E-state index contributed by atoms with van der Waals surface area (Å²) in [6, 6.07) is 22.4. The monoisotopic (exact) mass is 480 g/mol. The zero-order valence-electron chi connectivity index (χ0n) is 19.2. The fourth-order valence-corrected chi connectivity index (χ4v) is 4.16. The highest BCUT2D eigenvalue weighted by molar-refractivity contribution is 5.95. The molecular weight excluding hydrogens is 460 g/mol. The van der Waals surface area contributed by atoms with Gasteiger partial charge in [-0.2, -0.15) is 5.10 Å². The number of aryl methyl sites for hydroxylation is 1. The van der Waals surface area contributed by atoms with Gasteiger partial charge in [-0.05, 0) is 55.0 Å². The second-order valence-corrected chi connectivity index (χ2v) is 8.22. The minimum atomic E-state index is -0.455.